The topological polar surface area (TPSA) is 46.3 Å². The quantitative estimate of drug-likeness (QED) is 0.850. The van der Waals surface area contributed by atoms with Crippen molar-refractivity contribution in [1.82, 2.24) is 0 Å². The van der Waals surface area contributed by atoms with Gasteiger partial charge in [-0.15, -0.1) is 0 Å². The fourth-order valence-electron chi connectivity index (χ4n) is 1.68. The second kappa shape index (κ2) is 6.38. The first-order valence-corrected chi connectivity index (χ1v) is 6.14. The third-order valence-electron chi connectivity index (χ3n) is 2.77. The van der Waals surface area contributed by atoms with Crippen LogP contribution in [-0.4, -0.2) is 31.1 Å². The number of amides is 1. The van der Waals surface area contributed by atoms with Crippen molar-refractivity contribution in [3.05, 3.63) is 29.8 Å². The van der Waals surface area contributed by atoms with Gasteiger partial charge in [-0.2, -0.15) is 22.0 Å². The lowest BCUT2D eigenvalue weighted by atomic mass is 10.1. The summed E-state index contributed by atoms with van der Waals surface area (Å²) in [5, 5.41) is 0. The minimum atomic E-state index is -5.94. The van der Waals surface area contributed by atoms with Crippen LogP contribution in [0.5, 0.6) is 0 Å². The fourth-order valence-corrected chi connectivity index (χ4v) is 1.68. The highest BCUT2D eigenvalue weighted by molar-refractivity contribution is 5.99. The first-order chi connectivity index (χ1) is 9.61. The SMILES string of the molecule is Cc1cccc(N(CCCN)C(=O)C(F)(F)C(F)(F)F)c1. The van der Waals surface area contributed by atoms with Gasteiger partial charge in [0.15, 0.2) is 0 Å². The van der Waals surface area contributed by atoms with Crippen LogP contribution in [-0.2, 0) is 4.79 Å². The number of hydrogen-bond donors (Lipinski definition) is 1. The lowest BCUT2D eigenvalue weighted by Crippen LogP contribution is -2.52. The number of rotatable bonds is 5. The molecule has 3 nitrogen and oxygen atoms in total. The minimum Gasteiger partial charge on any atom is -0.330 e. The van der Waals surface area contributed by atoms with E-state index in [4.69, 9.17) is 5.73 Å². The number of alkyl halides is 5. The molecule has 0 heterocycles. The molecule has 8 heteroatoms. The van der Waals surface area contributed by atoms with Crippen LogP contribution in [0, 0.1) is 6.92 Å². The third kappa shape index (κ3) is 3.90. The van der Waals surface area contributed by atoms with Crippen LogP contribution in [0.3, 0.4) is 0 Å². The summed E-state index contributed by atoms with van der Waals surface area (Å²) in [6.45, 7) is 1.38. The van der Waals surface area contributed by atoms with Crippen molar-refractivity contribution in [1.29, 1.82) is 0 Å². The zero-order valence-corrected chi connectivity index (χ0v) is 11.3. The van der Waals surface area contributed by atoms with Crippen molar-refractivity contribution in [2.45, 2.75) is 25.4 Å². The Kier molecular flexibility index (Phi) is 5.27. The van der Waals surface area contributed by atoms with E-state index in [2.05, 4.69) is 0 Å². The van der Waals surface area contributed by atoms with Crippen molar-refractivity contribution in [2.24, 2.45) is 5.73 Å². The van der Waals surface area contributed by atoms with Crippen LogP contribution in [0.2, 0.25) is 0 Å². The number of aryl methyl sites for hydroxylation is 1. The molecule has 21 heavy (non-hydrogen) atoms. The maximum absolute atomic E-state index is 13.2. The Bertz CT molecular complexity index is 502. The van der Waals surface area contributed by atoms with Gasteiger partial charge >= 0.3 is 18.0 Å². The lowest BCUT2D eigenvalue weighted by molar-refractivity contribution is -0.268. The highest BCUT2D eigenvalue weighted by Crippen LogP contribution is 2.38. The average Bonchev–Trinajstić information content (AvgIpc) is 2.37. The van der Waals surface area contributed by atoms with Crippen molar-refractivity contribution in [2.75, 3.05) is 18.0 Å². The van der Waals surface area contributed by atoms with Crippen molar-refractivity contribution >= 4 is 11.6 Å². The van der Waals surface area contributed by atoms with Gasteiger partial charge in [0.05, 0.1) is 0 Å². The summed E-state index contributed by atoms with van der Waals surface area (Å²) in [5.74, 6) is -7.74. The molecular weight excluding hydrogens is 295 g/mol. The zero-order chi connectivity index (χ0) is 16.3. The summed E-state index contributed by atoms with van der Waals surface area (Å²) in [4.78, 5) is 12.1. The largest absolute Gasteiger partial charge is 0.463 e. The summed E-state index contributed by atoms with van der Waals surface area (Å²) in [5.41, 5.74) is 5.85. The van der Waals surface area contributed by atoms with E-state index in [1.165, 1.54) is 18.2 Å². The van der Waals surface area contributed by atoms with Crippen LogP contribution < -0.4 is 10.6 Å². The summed E-state index contributed by atoms with van der Waals surface area (Å²) < 4.78 is 63.5. The number of anilines is 1. The maximum atomic E-state index is 13.2. The second-order valence-corrected chi connectivity index (χ2v) is 4.51. The van der Waals surface area contributed by atoms with Gasteiger partial charge in [-0.05, 0) is 37.6 Å². The van der Waals surface area contributed by atoms with E-state index < -0.39 is 18.0 Å². The number of benzene rings is 1. The standard InChI is InChI=1S/C13H15F5N2O/c1-9-4-2-5-10(8-9)20(7-3-6-19)11(21)12(14,15)13(16,17)18/h2,4-5,8H,3,6-7,19H2,1H3. The van der Waals surface area contributed by atoms with Crippen LogP contribution in [0.1, 0.15) is 12.0 Å². The summed E-state index contributed by atoms with van der Waals surface area (Å²) in [6.07, 6.45) is -5.83. The van der Waals surface area contributed by atoms with E-state index >= 15 is 0 Å². The molecule has 0 unspecified atom stereocenters. The van der Waals surface area contributed by atoms with Gasteiger partial charge in [-0.3, -0.25) is 4.79 Å². The van der Waals surface area contributed by atoms with Gasteiger partial charge in [0.1, 0.15) is 0 Å². The number of carbonyl (C=O) groups excluding carboxylic acids is 1. The molecule has 0 radical (unpaired) electrons. The molecule has 0 saturated heterocycles. The summed E-state index contributed by atoms with van der Waals surface area (Å²) in [7, 11) is 0. The molecule has 0 aliphatic heterocycles. The Labute approximate surface area is 118 Å². The maximum Gasteiger partial charge on any atom is 0.463 e. The third-order valence-corrected chi connectivity index (χ3v) is 2.77. The molecule has 0 aromatic heterocycles. The molecule has 2 N–H and O–H groups in total. The summed E-state index contributed by atoms with van der Waals surface area (Å²) in [6, 6.07) is 5.77. The van der Waals surface area contributed by atoms with Crippen molar-refractivity contribution < 1.29 is 26.7 Å². The molecule has 1 amide bonds. The molecule has 0 aliphatic rings. The molecule has 0 fully saturated rings. The van der Waals surface area contributed by atoms with Crippen LogP contribution in [0.25, 0.3) is 0 Å². The van der Waals surface area contributed by atoms with Gasteiger partial charge < -0.3 is 10.6 Å². The zero-order valence-electron chi connectivity index (χ0n) is 11.3. The monoisotopic (exact) mass is 310 g/mol. The van der Waals surface area contributed by atoms with Crippen LogP contribution in [0.15, 0.2) is 24.3 Å². The van der Waals surface area contributed by atoms with E-state index in [9.17, 15) is 26.7 Å². The molecule has 118 valence electrons. The molecule has 0 saturated carbocycles. The molecule has 1 aromatic carbocycles. The van der Waals surface area contributed by atoms with Crippen molar-refractivity contribution in [3.8, 4) is 0 Å². The Hall–Kier alpha value is -1.70. The predicted octanol–water partition coefficient (Wildman–Crippen LogP) is 2.87. The van der Waals surface area contributed by atoms with E-state index in [-0.39, 0.29) is 25.2 Å². The Morgan fingerprint density at radius 1 is 1.24 bits per heavy atom. The number of nitrogens with zero attached hydrogens (tertiary/aromatic N) is 1. The van der Waals surface area contributed by atoms with Crippen LogP contribution >= 0.6 is 0 Å². The summed E-state index contributed by atoms with van der Waals surface area (Å²) >= 11 is 0. The average molecular weight is 310 g/mol. The first kappa shape index (κ1) is 17.4. The normalized spacial score (nSPS) is 12.3. The predicted molar refractivity (Wildman–Crippen MR) is 68.2 cm³/mol. The molecule has 0 aliphatic carbocycles. The lowest BCUT2D eigenvalue weighted by Gasteiger charge is -2.28. The number of hydrogen-bond acceptors (Lipinski definition) is 2. The molecule has 0 bridgehead atoms. The van der Waals surface area contributed by atoms with E-state index in [0.29, 0.717) is 10.5 Å². The molecule has 0 atom stereocenters. The second-order valence-electron chi connectivity index (χ2n) is 4.51. The minimum absolute atomic E-state index is 0.0163. The van der Waals surface area contributed by atoms with Gasteiger partial charge in [0, 0.05) is 12.2 Å². The molecule has 1 aromatic rings. The molecular formula is C13H15F5N2O. The molecule has 1 rings (SSSR count). The van der Waals surface area contributed by atoms with Gasteiger partial charge in [0.25, 0.3) is 0 Å². The number of halogens is 5. The number of nitrogens with two attached hydrogens (primary N) is 1. The van der Waals surface area contributed by atoms with Crippen LogP contribution in [0.4, 0.5) is 27.6 Å². The molecule has 0 spiro atoms. The highest BCUT2D eigenvalue weighted by atomic mass is 19.4. The highest BCUT2D eigenvalue weighted by Gasteiger charge is 2.64. The van der Waals surface area contributed by atoms with Crippen molar-refractivity contribution in [3.63, 3.8) is 0 Å². The number of carbonyl (C=O) groups is 1. The van der Waals surface area contributed by atoms with E-state index in [0.717, 1.165) is 0 Å². The van der Waals surface area contributed by atoms with E-state index in [1.807, 2.05) is 0 Å². The van der Waals surface area contributed by atoms with Gasteiger partial charge in [0.2, 0.25) is 0 Å². The smallest absolute Gasteiger partial charge is 0.330 e. The first-order valence-electron chi connectivity index (χ1n) is 6.14. The van der Waals surface area contributed by atoms with Gasteiger partial charge in [-0.25, -0.2) is 0 Å². The van der Waals surface area contributed by atoms with E-state index in [1.54, 1.807) is 13.0 Å². The van der Waals surface area contributed by atoms with Gasteiger partial charge in [-0.1, -0.05) is 12.1 Å². The Morgan fingerprint density at radius 2 is 1.86 bits per heavy atom. The Balaban J connectivity index is 3.17. The fraction of sp³-hybridized carbons (Fsp3) is 0.462. The Morgan fingerprint density at radius 3 is 2.33 bits per heavy atom.